The van der Waals surface area contributed by atoms with E-state index in [4.69, 9.17) is 5.84 Å². The lowest BCUT2D eigenvalue weighted by Gasteiger charge is -2.17. The maximum absolute atomic E-state index is 13.7. The van der Waals surface area contributed by atoms with Crippen molar-refractivity contribution in [2.24, 2.45) is 11.8 Å². The molecule has 1 aromatic carbocycles. The molecule has 0 aromatic heterocycles. The van der Waals surface area contributed by atoms with Crippen LogP contribution in [-0.4, -0.2) is 0 Å². The highest BCUT2D eigenvalue weighted by Crippen LogP contribution is 2.36. The molecule has 1 atom stereocenters. The molecule has 3 N–H and O–H groups in total. The van der Waals surface area contributed by atoms with Crippen molar-refractivity contribution in [1.29, 1.82) is 0 Å². The van der Waals surface area contributed by atoms with Gasteiger partial charge < -0.3 is 0 Å². The van der Waals surface area contributed by atoms with Gasteiger partial charge in [-0.05, 0) is 37.3 Å². The van der Waals surface area contributed by atoms with Crippen LogP contribution < -0.4 is 11.3 Å². The minimum atomic E-state index is -0.521. The van der Waals surface area contributed by atoms with Crippen molar-refractivity contribution in [1.82, 2.24) is 5.43 Å². The van der Waals surface area contributed by atoms with E-state index >= 15 is 0 Å². The number of nitrogens with one attached hydrogen (secondary N) is 1. The quantitative estimate of drug-likeness (QED) is 0.613. The summed E-state index contributed by atoms with van der Waals surface area (Å²) in [6.45, 7) is 1.63. The normalized spacial score (nSPS) is 17.2. The Kier molecular flexibility index (Phi) is 3.74. The summed E-state index contributed by atoms with van der Waals surface area (Å²) in [6.07, 6.45) is 4.37. The number of aryl methyl sites for hydroxylation is 1. The molecule has 0 amide bonds. The average molecular weight is 240 g/mol. The van der Waals surface area contributed by atoms with E-state index in [-0.39, 0.29) is 6.04 Å². The SMILES string of the molecule is Cc1cc(C(CCC2CC2)NN)c(F)cc1F. The summed E-state index contributed by atoms with van der Waals surface area (Å²) in [4.78, 5) is 0. The Labute approximate surface area is 100 Å². The van der Waals surface area contributed by atoms with Gasteiger partial charge in [-0.15, -0.1) is 0 Å². The number of hydrogen-bond acceptors (Lipinski definition) is 2. The van der Waals surface area contributed by atoms with Gasteiger partial charge in [0, 0.05) is 17.7 Å². The van der Waals surface area contributed by atoms with Gasteiger partial charge in [0.05, 0.1) is 0 Å². The second kappa shape index (κ2) is 5.10. The molecule has 0 aliphatic heterocycles. The van der Waals surface area contributed by atoms with Gasteiger partial charge in [0.1, 0.15) is 11.6 Å². The van der Waals surface area contributed by atoms with Crippen LogP contribution in [-0.2, 0) is 0 Å². The second-order valence-corrected chi connectivity index (χ2v) is 4.86. The number of benzene rings is 1. The van der Waals surface area contributed by atoms with Crippen LogP contribution in [0.2, 0.25) is 0 Å². The fourth-order valence-corrected chi connectivity index (χ4v) is 2.08. The minimum absolute atomic E-state index is 0.227. The molecular formula is C13H18F2N2. The number of hydrazine groups is 1. The zero-order valence-electron chi connectivity index (χ0n) is 9.97. The molecule has 1 unspecified atom stereocenters. The van der Waals surface area contributed by atoms with Crippen molar-refractivity contribution in [2.45, 2.75) is 38.6 Å². The van der Waals surface area contributed by atoms with Crippen molar-refractivity contribution < 1.29 is 8.78 Å². The third-order valence-electron chi connectivity index (χ3n) is 3.42. The smallest absolute Gasteiger partial charge is 0.130 e. The number of halogens is 2. The lowest BCUT2D eigenvalue weighted by molar-refractivity contribution is 0.456. The Balaban J connectivity index is 2.13. The summed E-state index contributed by atoms with van der Waals surface area (Å²) >= 11 is 0. The van der Waals surface area contributed by atoms with Crippen LogP contribution in [0.3, 0.4) is 0 Å². The third-order valence-corrected chi connectivity index (χ3v) is 3.42. The Morgan fingerprint density at radius 1 is 1.35 bits per heavy atom. The standard InChI is InChI=1S/C13H18F2N2/c1-8-6-10(12(15)7-11(8)14)13(17-16)5-4-9-2-3-9/h6-7,9,13,17H,2-5,16H2,1H3. The van der Waals surface area contributed by atoms with Gasteiger partial charge in [-0.3, -0.25) is 11.3 Å². The fraction of sp³-hybridized carbons (Fsp3) is 0.538. The second-order valence-electron chi connectivity index (χ2n) is 4.86. The first-order valence-electron chi connectivity index (χ1n) is 6.03. The molecule has 0 bridgehead atoms. The molecule has 1 saturated carbocycles. The van der Waals surface area contributed by atoms with Gasteiger partial charge in [-0.2, -0.15) is 0 Å². The molecule has 1 aromatic rings. The van der Waals surface area contributed by atoms with Crippen LogP contribution in [0, 0.1) is 24.5 Å². The fourth-order valence-electron chi connectivity index (χ4n) is 2.08. The lowest BCUT2D eigenvalue weighted by Crippen LogP contribution is -2.29. The molecular weight excluding hydrogens is 222 g/mol. The number of nitrogens with two attached hydrogens (primary N) is 1. The summed E-state index contributed by atoms with van der Waals surface area (Å²) < 4.78 is 26.8. The van der Waals surface area contributed by atoms with Crippen molar-refractivity contribution in [3.63, 3.8) is 0 Å². The predicted octanol–water partition coefficient (Wildman–Crippen LogP) is 2.97. The molecule has 1 aliphatic carbocycles. The Bertz CT molecular complexity index is 403. The first kappa shape index (κ1) is 12.5. The van der Waals surface area contributed by atoms with Crippen LogP contribution in [0.5, 0.6) is 0 Å². The zero-order chi connectivity index (χ0) is 12.4. The molecule has 1 fully saturated rings. The van der Waals surface area contributed by atoms with Crippen molar-refractivity contribution in [3.05, 3.63) is 34.9 Å². The summed E-state index contributed by atoms with van der Waals surface area (Å²) in [6, 6.07) is 2.25. The number of rotatable bonds is 5. The first-order chi connectivity index (χ1) is 8.11. The van der Waals surface area contributed by atoms with E-state index in [0.717, 1.165) is 24.8 Å². The molecule has 0 heterocycles. The van der Waals surface area contributed by atoms with E-state index in [9.17, 15) is 8.78 Å². The highest BCUT2D eigenvalue weighted by atomic mass is 19.1. The van der Waals surface area contributed by atoms with Gasteiger partial charge in [0.25, 0.3) is 0 Å². The average Bonchev–Trinajstić information content (AvgIpc) is 3.09. The molecule has 94 valence electrons. The monoisotopic (exact) mass is 240 g/mol. The molecule has 4 heteroatoms. The van der Waals surface area contributed by atoms with Crippen LogP contribution in [0.25, 0.3) is 0 Å². The third kappa shape index (κ3) is 3.01. The van der Waals surface area contributed by atoms with Crippen LogP contribution >= 0.6 is 0 Å². The first-order valence-corrected chi connectivity index (χ1v) is 6.03. The van der Waals surface area contributed by atoms with Crippen LogP contribution in [0.4, 0.5) is 8.78 Å². The van der Waals surface area contributed by atoms with E-state index in [1.165, 1.54) is 12.8 Å². The van der Waals surface area contributed by atoms with E-state index in [1.54, 1.807) is 13.0 Å². The Morgan fingerprint density at radius 2 is 2.06 bits per heavy atom. The largest absolute Gasteiger partial charge is 0.271 e. The van der Waals surface area contributed by atoms with Crippen molar-refractivity contribution in [2.75, 3.05) is 0 Å². The zero-order valence-corrected chi connectivity index (χ0v) is 9.97. The topological polar surface area (TPSA) is 38.0 Å². The maximum Gasteiger partial charge on any atom is 0.130 e. The summed E-state index contributed by atoms with van der Waals surface area (Å²) in [5.41, 5.74) is 3.54. The van der Waals surface area contributed by atoms with E-state index < -0.39 is 11.6 Å². The van der Waals surface area contributed by atoms with Crippen LogP contribution in [0.15, 0.2) is 12.1 Å². The summed E-state index contributed by atoms with van der Waals surface area (Å²) in [7, 11) is 0. The molecule has 2 nitrogen and oxygen atoms in total. The van der Waals surface area contributed by atoms with Crippen LogP contribution in [0.1, 0.15) is 42.9 Å². The van der Waals surface area contributed by atoms with Crippen molar-refractivity contribution in [3.8, 4) is 0 Å². The molecule has 0 saturated heterocycles. The Hall–Kier alpha value is -1.00. The molecule has 0 radical (unpaired) electrons. The van der Waals surface area contributed by atoms with Gasteiger partial charge in [-0.25, -0.2) is 8.78 Å². The molecule has 17 heavy (non-hydrogen) atoms. The van der Waals surface area contributed by atoms with E-state index in [2.05, 4.69) is 5.43 Å². The molecule has 0 spiro atoms. The highest BCUT2D eigenvalue weighted by molar-refractivity contribution is 5.28. The van der Waals surface area contributed by atoms with E-state index in [0.29, 0.717) is 11.1 Å². The number of hydrogen-bond donors (Lipinski definition) is 2. The Morgan fingerprint density at radius 3 is 2.65 bits per heavy atom. The molecule has 2 rings (SSSR count). The summed E-state index contributed by atoms with van der Waals surface area (Å²) in [5.74, 6) is 5.20. The van der Waals surface area contributed by atoms with Gasteiger partial charge in [0.15, 0.2) is 0 Å². The van der Waals surface area contributed by atoms with Gasteiger partial charge in [-0.1, -0.05) is 12.8 Å². The van der Waals surface area contributed by atoms with E-state index in [1.807, 2.05) is 0 Å². The minimum Gasteiger partial charge on any atom is -0.271 e. The summed E-state index contributed by atoms with van der Waals surface area (Å²) in [5, 5.41) is 0. The maximum atomic E-state index is 13.7. The van der Waals surface area contributed by atoms with Crippen molar-refractivity contribution >= 4 is 0 Å². The van der Waals surface area contributed by atoms with Gasteiger partial charge >= 0.3 is 0 Å². The predicted molar refractivity (Wildman–Crippen MR) is 63.1 cm³/mol. The van der Waals surface area contributed by atoms with Gasteiger partial charge in [0.2, 0.25) is 0 Å². The lowest BCUT2D eigenvalue weighted by atomic mass is 9.98. The molecule has 1 aliphatic rings. The highest BCUT2D eigenvalue weighted by Gasteiger charge is 2.24.